The maximum atomic E-state index is 14.2. The van der Waals surface area contributed by atoms with Crippen molar-refractivity contribution in [1.82, 2.24) is 30.0 Å². The van der Waals surface area contributed by atoms with Crippen molar-refractivity contribution in [2.75, 3.05) is 0 Å². The van der Waals surface area contributed by atoms with Gasteiger partial charge in [-0.05, 0) is 79.5 Å². The van der Waals surface area contributed by atoms with Crippen molar-refractivity contribution >= 4 is 5.97 Å². The number of benzene rings is 2. The molecule has 1 unspecified atom stereocenters. The molecule has 2 aromatic heterocycles. The predicted octanol–water partition coefficient (Wildman–Crippen LogP) is 6.67. The van der Waals surface area contributed by atoms with Crippen molar-refractivity contribution in [1.29, 1.82) is 0 Å². The lowest BCUT2D eigenvalue weighted by atomic mass is 9.67. The van der Waals surface area contributed by atoms with Gasteiger partial charge in [0, 0.05) is 29.8 Å². The summed E-state index contributed by atoms with van der Waals surface area (Å²) in [5.41, 5.74) is 5.61. The SMILES string of the molecule is CCCCc1c(Cc2ccc(-c3ccccc3-c3nnn[nH]3)cc2)c(=O)n2n1C(C1(C(=O)OC(C)C)CCCCC1)CCC2. The number of tetrazole rings is 1. The second-order valence-electron chi connectivity index (χ2n) is 12.8. The fourth-order valence-electron chi connectivity index (χ4n) is 7.49. The monoisotopic (exact) mass is 596 g/mol. The molecule has 2 aliphatic rings. The van der Waals surface area contributed by atoms with Crippen molar-refractivity contribution in [3.8, 4) is 22.5 Å². The van der Waals surface area contributed by atoms with Gasteiger partial charge in [-0.25, -0.2) is 9.78 Å². The maximum absolute atomic E-state index is 14.2. The van der Waals surface area contributed by atoms with E-state index < -0.39 is 5.41 Å². The average Bonchev–Trinajstić information content (AvgIpc) is 3.68. The Bertz CT molecular complexity index is 1630. The molecule has 0 radical (unpaired) electrons. The van der Waals surface area contributed by atoms with Crippen molar-refractivity contribution in [3.05, 3.63) is 75.7 Å². The number of hydrogen-bond donors (Lipinski definition) is 1. The van der Waals surface area contributed by atoms with Crippen molar-refractivity contribution < 1.29 is 9.53 Å². The third kappa shape index (κ3) is 5.64. The first kappa shape index (κ1) is 30.0. The van der Waals surface area contributed by atoms with Crippen molar-refractivity contribution in [2.45, 2.75) is 110 Å². The van der Waals surface area contributed by atoms with Crippen LogP contribution in [0.5, 0.6) is 0 Å². The number of nitrogens with one attached hydrogen (secondary N) is 1. The molecule has 6 rings (SSSR count). The minimum absolute atomic E-state index is 0.0550. The lowest BCUT2D eigenvalue weighted by Gasteiger charge is -2.45. The van der Waals surface area contributed by atoms with E-state index in [0.717, 1.165) is 97.7 Å². The summed E-state index contributed by atoms with van der Waals surface area (Å²) in [6.07, 6.45) is 9.91. The highest BCUT2D eigenvalue weighted by Gasteiger charge is 2.50. The summed E-state index contributed by atoms with van der Waals surface area (Å²) in [4.78, 5) is 28.0. The number of H-pyrrole nitrogens is 1. The Morgan fingerprint density at radius 3 is 2.48 bits per heavy atom. The van der Waals surface area contributed by atoms with Gasteiger partial charge in [-0.2, -0.15) is 0 Å². The van der Waals surface area contributed by atoms with Crippen LogP contribution in [0.1, 0.15) is 101 Å². The summed E-state index contributed by atoms with van der Waals surface area (Å²) in [7, 11) is 0. The summed E-state index contributed by atoms with van der Waals surface area (Å²) in [5, 5.41) is 14.5. The number of carbonyl (C=O) groups excluding carboxylic acids is 1. The predicted molar refractivity (Wildman–Crippen MR) is 170 cm³/mol. The molecule has 44 heavy (non-hydrogen) atoms. The molecule has 1 aliphatic heterocycles. The zero-order chi connectivity index (χ0) is 30.7. The number of ether oxygens (including phenoxy) is 1. The molecule has 0 spiro atoms. The summed E-state index contributed by atoms with van der Waals surface area (Å²) in [6, 6.07) is 16.5. The zero-order valence-corrected chi connectivity index (χ0v) is 26.2. The highest BCUT2D eigenvalue weighted by atomic mass is 16.5. The largest absolute Gasteiger partial charge is 0.462 e. The highest BCUT2D eigenvalue weighted by molar-refractivity contribution is 5.80. The van der Waals surface area contributed by atoms with Gasteiger partial charge in [-0.3, -0.25) is 14.3 Å². The van der Waals surface area contributed by atoms with Crippen LogP contribution in [0.25, 0.3) is 22.5 Å². The number of aromatic nitrogens is 6. The molecule has 1 aliphatic carbocycles. The van der Waals surface area contributed by atoms with Gasteiger partial charge in [0.2, 0.25) is 0 Å². The van der Waals surface area contributed by atoms with Crippen LogP contribution in [0.3, 0.4) is 0 Å². The van der Waals surface area contributed by atoms with E-state index >= 15 is 0 Å². The second-order valence-corrected chi connectivity index (χ2v) is 12.8. The molecule has 0 saturated heterocycles. The normalized spacial score (nSPS) is 17.9. The maximum Gasteiger partial charge on any atom is 0.314 e. The summed E-state index contributed by atoms with van der Waals surface area (Å²) < 4.78 is 10.2. The molecule has 232 valence electrons. The van der Waals surface area contributed by atoms with Crippen LogP contribution >= 0.6 is 0 Å². The summed E-state index contributed by atoms with van der Waals surface area (Å²) in [5.74, 6) is 0.548. The van der Waals surface area contributed by atoms with Crippen LogP contribution in [0.2, 0.25) is 0 Å². The number of nitrogens with zero attached hydrogens (tertiary/aromatic N) is 5. The average molecular weight is 597 g/mol. The van der Waals surface area contributed by atoms with Crippen molar-refractivity contribution in [3.63, 3.8) is 0 Å². The zero-order valence-electron chi connectivity index (χ0n) is 26.2. The van der Waals surface area contributed by atoms with E-state index in [1.807, 2.05) is 36.7 Å². The minimum atomic E-state index is -0.581. The molecule has 9 nitrogen and oxygen atoms in total. The van der Waals surface area contributed by atoms with E-state index in [1.165, 1.54) is 0 Å². The molecule has 1 saturated carbocycles. The lowest BCUT2D eigenvalue weighted by molar-refractivity contribution is -0.167. The third-order valence-corrected chi connectivity index (χ3v) is 9.59. The van der Waals surface area contributed by atoms with Gasteiger partial charge in [0.25, 0.3) is 5.56 Å². The minimum Gasteiger partial charge on any atom is -0.462 e. The lowest BCUT2D eigenvalue weighted by Crippen LogP contribution is -2.47. The van der Waals surface area contributed by atoms with Gasteiger partial charge in [-0.1, -0.05) is 81.1 Å². The summed E-state index contributed by atoms with van der Waals surface area (Å²) in [6.45, 7) is 6.74. The molecule has 1 atom stereocenters. The van der Waals surface area contributed by atoms with Crippen molar-refractivity contribution in [2.24, 2.45) is 5.41 Å². The fraction of sp³-hybridized carbons (Fsp3) is 0.514. The number of esters is 1. The molecule has 4 aromatic rings. The Morgan fingerprint density at radius 2 is 1.80 bits per heavy atom. The molecule has 9 heteroatoms. The fourth-order valence-corrected chi connectivity index (χ4v) is 7.49. The first-order valence-electron chi connectivity index (χ1n) is 16.4. The van der Waals surface area contributed by atoms with Gasteiger partial charge >= 0.3 is 5.97 Å². The molecule has 0 bridgehead atoms. The number of fused-ring (bicyclic) bond motifs is 1. The molecule has 3 heterocycles. The van der Waals surface area contributed by atoms with E-state index in [1.54, 1.807) is 0 Å². The standard InChI is InChI=1S/C35H44N6O3/c1-4-5-14-30-29(23-25-16-18-26(19-17-25)27-12-7-8-13-28(27)32-36-38-39-37-32)33(42)40-22-11-15-31(41(30)40)35(20-9-6-10-21-35)34(43)44-24(2)3/h7-8,12-13,16-19,24,31H,4-6,9-11,14-15,20-23H2,1-3H3,(H,36,37,38,39). The van der Waals surface area contributed by atoms with Gasteiger partial charge < -0.3 is 4.74 Å². The number of hydrogen-bond acceptors (Lipinski definition) is 6. The van der Waals surface area contributed by atoms with Gasteiger partial charge in [0.1, 0.15) is 0 Å². The number of unbranched alkanes of at least 4 members (excludes halogenated alkanes) is 1. The van der Waals surface area contributed by atoms with Gasteiger partial charge in [-0.15, -0.1) is 5.10 Å². The molecule has 1 fully saturated rings. The van der Waals surface area contributed by atoms with Crippen LogP contribution in [0, 0.1) is 5.41 Å². The van der Waals surface area contributed by atoms with E-state index in [4.69, 9.17) is 4.74 Å². The first-order chi connectivity index (χ1) is 21.4. The van der Waals surface area contributed by atoms with Crippen LogP contribution in [0.4, 0.5) is 0 Å². The van der Waals surface area contributed by atoms with Gasteiger partial charge in [0.15, 0.2) is 5.82 Å². The Labute approximate surface area is 259 Å². The highest BCUT2D eigenvalue weighted by Crippen LogP contribution is 2.50. The molecule has 0 amide bonds. The first-order valence-corrected chi connectivity index (χ1v) is 16.4. The molecular weight excluding hydrogens is 552 g/mol. The molecule has 2 aromatic carbocycles. The topological polar surface area (TPSA) is 108 Å². The summed E-state index contributed by atoms with van der Waals surface area (Å²) >= 11 is 0. The smallest absolute Gasteiger partial charge is 0.314 e. The van der Waals surface area contributed by atoms with E-state index in [2.05, 4.69) is 62.6 Å². The Balaban J connectivity index is 1.37. The Hall–Kier alpha value is -4.01. The van der Waals surface area contributed by atoms with Crippen LogP contribution in [0.15, 0.2) is 53.3 Å². The number of rotatable bonds is 10. The van der Waals surface area contributed by atoms with Gasteiger partial charge in [0.05, 0.1) is 17.6 Å². The second kappa shape index (κ2) is 12.9. The molecule has 1 N–H and O–H groups in total. The Kier molecular flexibility index (Phi) is 8.82. The Morgan fingerprint density at radius 1 is 1.05 bits per heavy atom. The quantitative estimate of drug-likeness (QED) is 0.205. The van der Waals surface area contributed by atoms with E-state index in [0.29, 0.717) is 18.8 Å². The van der Waals surface area contributed by atoms with Crippen LogP contribution < -0.4 is 5.56 Å². The number of carbonyl (C=O) groups is 1. The number of aromatic amines is 1. The third-order valence-electron chi connectivity index (χ3n) is 9.59. The van der Waals surface area contributed by atoms with E-state index in [-0.39, 0.29) is 23.7 Å². The molecular formula is C35H44N6O3. The van der Waals surface area contributed by atoms with E-state index in [9.17, 15) is 9.59 Å². The van der Waals surface area contributed by atoms with Crippen LogP contribution in [-0.2, 0) is 28.9 Å². The van der Waals surface area contributed by atoms with Crippen LogP contribution in [-0.4, -0.2) is 42.1 Å².